The van der Waals surface area contributed by atoms with Gasteiger partial charge in [0.2, 0.25) is 0 Å². The summed E-state index contributed by atoms with van der Waals surface area (Å²) in [7, 11) is -1.69. The monoisotopic (exact) mass is 366 g/mol. The third-order valence-corrected chi connectivity index (χ3v) is 8.07. The van der Waals surface area contributed by atoms with Gasteiger partial charge in [0.1, 0.15) is 4.21 Å². The van der Waals surface area contributed by atoms with Gasteiger partial charge in [-0.2, -0.15) is 4.31 Å². The van der Waals surface area contributed by atoms with Crippen LogP contribution in [0, 0.1) is 0 Å². The van der Waals surface area contributed by atoms with Gasteiger partial charge in [0.05, 0.1) is 0 Å². The standard InChI is InChI=1S/C12H19BrN2O2S2/c1-3-15-7-4-5-10(15)9-14(2)19(16,17)12-11(13)6-8-18-12/h6,8,10H,3-5,7,9H2,1-2H3. The van der Waals surface area contributed by atoms with E-state index in [4.69, 9.17) is 0 Å². The fourth-order valence-corrected chi connectivity index (χ4v) is 6.23. The Morgan fingerprint density at radius 3 is 2.89 bits per heavy atom. The maximum absolute atomic E-state index is 12.5. The molecule has 1 unspecified atom stereocenters. The highest BCUT2D eigenvalue weighted by Crippen LogP contribution is 2.30. The molecule has 0 N–H and O–H groups in total. The van der Waals surface area contributed by atoms with Crippen molar-refractivity contribution in [1.29, 1.82) is 0 Å². The van der Waals surface area contributed by atoms with E-state index in [2.05, 4.69) is 27.8 Å². The van der Waals surface area contributed by atoms with Crippen molar-refractivity contribution >= 4 is 37.3 Å². The maximum atomic E-state index is 12.5. The molecule has 4 nitrogen and oxygen atoms in total. The lowest BCUT2D eigenvalue weighted by Gasteiger charge is -2.27. The van der Waals surface area contributed by atoms with Crippen molar-refractivity contribution in [3.05, 3.63) is 15.9 Å². The molecule has 0 aromatic carbocycles. The van der Waals surface area contributed by atoms with E-state index in [1.54, 1.807) is 18.5 Å². The summed E-state index contributed by atoms with van der Waals surface area (Å²) in [6.45, 7) is 4.77. The molecule has 1 saturated heterocycles. The molecule has 0 aliphatic carbocycles. The molecule has 0 radical (unpaired) electrons. The zero-order valence-electron chi connectivity index (χ0n) is 11.2. The minimum Gasteiger partial charge on any atom is -0.299 e. The zero-order chi connectivity index (χ0) is 14.0. The van der Waals surface area contributed by atoms with Crippen LogP contribution in [0.5, 0.6) is 0 Å². The van der Waals surface area contributed by atoms with Crippen molar-refractivity contribution in [2.24, 2.45) is 0 Å². The molecule has 1 aromatic rings. The maximum Gasteiger partial charge on any atom is 0.253 e. The number of likely N-dealkylation sites (tertiary alicyclic amines) is 1. The van der Waals surface area contributed by atoms with Crippen LogP contribution in [0.2, 0.25) is 0 Å². The summed E-state index contributed by atoms with van der Waals surface area (Å²) >= 11 is 4.56. The number of hydrogen-bond acceptors (Lipinski definition) is 4. The van der Waals surface area contributed by atoms with Crippen molar-refractivity contribution in [2.45, 2.75) is 30.0 Å². The predicted molar refractivity (Wildman–Crippen MR) is 82.1 cm³/mol. The van der Waals surface area contributed by atoms with E-state index in [1.165, 1.54) is 15.6 Å². The molecule has 1 aliphatic heterocycles. The minimum atomic E-state index is -3.37. The summed E-state index contributed by atoms with van der Waals surface area (Å²) in [5, 5.41) is 1.79. The molecule has 0 bridgehead atoms. The first-order valence-corrected chi connectivity index (χ1v) is 9.51. The molecule has 0 amide bonds. The molecular formula is C12H19BrN2O2S2. The van der Waals surface area contributed by atoms with Crippen LogP contribution in [0.3, 0.4) is 0 Å². The van der Waals surface area contributed by atoms with Gasteiger partial charge in [0.15, 0.2) is 0 Å². The normalized spacial score (nSPS) is 21.4. The van der Waals surface area contributed by atoms with Gasteiger partial charge in [-0.1, -0.05) is 6.92 Å². The van der Waals surface area contributed by atoms with Gasteiger partial charge in [-0.3, -0.25) is 4.90 Å². The third-order valence-electron chi connectivity index (χ3n) is 3.60. The zero-order valence-corrected chi connectivity index (χ0v) is 14.4. The van der Waals surface area contributed by atoms with Gasteiger partial charge < -0.3 is 0 Å². The summed E-state index contributed by atoms with van der Waals surface area (Å²) in [5.74, 6) is 0. The SMILES string of the molecule is CCN1CCCC1CN(C)S(=O)(=O)c1sccc1Br. The molecule has 1 fully saturated rings. The number of sulfonamides is 1. The highest BCUT2D eigenvalue weighted by Gasteiger charge is 2.30. The number of nitrogens with zero attached hydrogens (tertiary/aromatic N) is 2. The smallest absolute Gasteiger partial charge is 0.253 e. The van der Waals surface area contributed by atoms with Gasteiger partial charge in [-0.05, 0) is 53.3 Å². The van der Waals surface area contributed by atoms with Crippen molar-refractivity contribution in [3.8, 4) is 0 Å². The molecule has 2 heterocycles. The van der Waals surface area contributed by atoms with Crippen LogP contribution in [0.25, 0.3) is 0 Å². The Morgan fingerprint density at radius 1 is 1.58 bits per heavy atom. The second-order valence-electron chi connectivity index (χ2n) is 4.77. The topological polar surface area (TPSA) is 40.6 Å². The second-order valence-corrected chi connectivity index (χ2v) is 8.78. The van der Waals surface area contributed by atoms with Gasteiger partial charge >= 0.3 is 0 Å². The average Bonchev–Trinajstić information content (AvgIpc) is 2.97. The Kier molecular flexibility index (Phi) is 5.05. The summed E-state index contributed by atoms with van der Waals surface area (Å²) in [4.78, 5) is 2.36. The van der Waals surface area contributed by atoms with Crippen LogP contribution in [0.1, 0.15) is 19.8 Å². The molecular weight excluding hydrogens is 348 g/mol. The number of halogens is 1. The first-order valence-electron chi connectivity index (χ1n) is 6.40. The number of rotatable bonds is 5. The lowest BCUT2D eigenvalue weighted by molar-refractivity contribution is 0.238. The summed E-state index contributed by atoms with van der Waals surface area (Å²) in [5.41, 5.74) is 0. The van der Waals surface area contributed by atoms with Crippen LogP contribution in [0.4, 0.5) is 0 Å². The molecule has 2 rings (SSSR count). The van der Waals surface area contributed by atoms with Crippen LogP contribution >= 0.6 is 27.3 Å². The van der Waals surface area contributed by atoms with E-state index >= 15 is 0 Å². The Hall–Kier alpha value is 0.0500. The fraction of sp³-hybridized carbons (Fsp3) is 0.667. The van der Waals surface area contributed by atoms with E-state index in [-0.39, 0.29) is 0 Å². The summed E-state index contributed by atoms with van der Waals surface area (Å²) in [6, 6.07) is 2.13. The largest absolute Gasteiger partial charge is 0.299 e. The van der Waals surface area contributed by atoms with Crippen molar-refractivity contribution < 1.29 is 8.42 Å². The van der Waals surface area contributed by atoms with E-state index in [1.807, 2.05) is 0 Å². The lowest BCUT2D eigenvalue weighted by Crippen LogP contribution is -2.40. The van der Waals surface area contributed by atoms with E-state index in [0.29, 0.717) is 21.3 Å². The Labute approximate surface area is 127 Å². The first kappa shape index (κ1) is 15.4. The molecule has 108 valence electrons. The first-order chi connectivity index (χ1) is 8.96. The van der Waals surface area contributed by atoms with E-state index in [9.17, 15) is 8.42 Å². The summed E-state index contributed by atoms with van der Waals surface area (Å²) in [6.07, 6.45) is 2.24. The lowest BCUT2D eigenvalue weighted by atomic mass is 10.2. The average molecular weight is 367 g/mol. The Bertz CT molecular complexity index is 530. The van der Waals surface area contributed by atoms with E-state index in [0.717, 1.165) is 25.9 Å². The number of hydrogen-bond donors (Lipinski definition) is 0. The molecule has 7 heteroatoms. The highest BCUT2D eigenvalue weighted by molar-refractivity contribution is 9.10. The molecule has 0 saturated carbocycles. The van der Waals surface area contributed by atoms with Crippen molar-refractivity contribution in [2.75, 3.05) is 26.7 Å². The second kappa shape index (κ2) is 6.22. The van der Waals surface area contributed by atoms with E-state index < -0.39 is 10.0 Å². The van der Waals surface area contributed by atoms with Crippen molar-refractivity contribution in [1.82, 2.24) is 9.21 Å². The van der Waals surface area contributed by atoms with Gasteiger partial charge in [0, 0.05) is 24.1 Å². The molecule has 1 aromatic heterocycles. The third kappa shape index (κ3) is 3.21. The predicted octanol–water partition coefficient (Wildman–Crippen LogP) is 2.62. The fourth-order valence-electron chi connectivity index (χ4n) is 2.52. The van der Waals surface area contributed by atoms with Gasteiger partial charge in [-0.25, -0.2) is 8.42 Å². The van der Waals surface area contributed by atoms with Gasteiger partial charge in [-0.15, -0.1) is 11.3 Å². The van der Waals surface area contributed by atoms with Crippen LogP contribution < -0.4 is 0 Å². The molecule has 0 spiro atoms. The summed E-state index contributed by atoms with van der Waals surface area (Å²) < 4.78 is 27.5. The highest BCUT2D eigenvalue weighted by atomic mass is 79.9. The van der Waals surface area contributed by atoms with Crippen LogP contribution in [0.15, 0.2) is 20.1 Å². The Balaban J connectivity index is 2.11. The van der Waals surface area contributed by atoms with Crippen LogP contribution in [-0.2, 0) is 10.0 Å². The quantitative estimate of drug-likeness (QED) is 0.803. The number of likely N-dealkylation sites (N-methyl/N-ethyl adjacent to an activating group) is 2. The Morgan fingerprint density at radius 2 is 2.32 bits per heavy atom. The minimum absolute atomic E-state index is 0.350. The molecule has 1 aliphatic rings. The molecule has 19 heavy (non-hydrogen) atoms. The molecule has 1 atom stereocenters. The van der Waals surface area contributed by atoms with Gasteiger partial charge in [0.25, 0.3) is 10.0 Å². The number of thiophene rings is 1. The van der Waals surface area contributed by atoms with Crippen molar-refractivity contribution in [3.63, 3.8) is 0 Å². The van der Waals surface area contributed by atoms with Crippen LogP contribution in [-0.4, -0.2) is 50.3 Å².